The molecule has 1 aromatic carbocycles. The first-order chi connectivity index (χ1) is 6.11. The molecule has 0 aliphatic heterocycles. The normalized spacial score (nSPS) is 10.1. The number of carbonyl (C=O) groups is 1. The third kappa shape index (κ3) is 3.41. The number of carbonyl (C=O) groups excluding carboxylic acids is 1. The highest BCUT2D eigenvalue weighted by Crippen LogP contribution is 2.13. The smallest absolute Gasteiger partial charge is 0.151 e. The average Bonchev–Trinajstić information content (AvgIpc) is 2.02. The van der Waals surface area contributed by atoms with E-state index in [0.717, 1.165) is 16.0 Å². The van der Waals surface area contributed by atoms with Crippen LogP contribution in [0.5, 0.6) is 0 Å². The number of ketones is 1. The first-order valence-corrected chi connectivity index (χ1v) is 4.97. The van der Waals surface area contributed by atoms with E-state index in [0.29, 0.717) is 6.42 Å². The van der Waals surface area contributed by atoms with Crippen LogP contribution in [0.15, 0.2) is 23.1 Å². The van der Waals surface area contributed by atoms with Crippen molar-refractivity contribution in [1.29, 1.82) is 0 Å². The zero-order chi connectivity index (χ0) is 9.84. The van der Waals surface area contributed by atoms with Crippen LogP contribution >= 0.6 is 24.2 Å². The third-order valence-corrected chi connectivity index (χ3v) is 2.23. The van der Waals surface area contributed by atoms with E-state index in [-0.39, 0.29) is 11.7 Å². The second kappa shape index (κ2) is 4.68. The molecule has 0 atom stereocenters. The molecule has 3 heteroatoms. The molecule has 1 nitrogen and oxygen atoms in total. The van der Waals surface area contributed by atoms with Gasteiger partial charge >= 0.3 is 0 Å². The van der Waals surface area contributed by atoms with Crippen LogP contribution in [0.2, 0.25) is 0 Å². The summed E-state index contributed by atoms with van der Waals surface area (Å²) < 4.78 is 0. The zero-order valence-corrected chi connectivity index (χ0v) is 9.03. The molecule has 0 unspecified atom stereocenters. The van der Waals surface area contributed by atoms with Crippen LogP contribution in [0.25, 0.3) is 0 Å². The third-order valence-electron chi connectivity index (χ3n) is 1.67. The van der Waals surface area contributed by atoms with Crippen molar-refractivity contribution in [3.63, 3.8) is 0 Å². The van der Waals surface area contributed by atoms with Crippen molar-refractivity contribution >= 4 is 30.0 Å². The molecule has 0 aromatic heterocycles. The molecule has 0 amide bonds. The minimum absolute atomic E-state index is 0.0417. The molecule has 0 aliphatic rings. The Bertz CT molecular complexity index is 302. The zero-order valence-electron chi connectivity index (χ0n) is 7.38. The summed E-state index contributed by atoms with van der Waals surface area (Å²) in [6, 6.07) is 5.82. The van der Waals surface area contributed by atoms with Crippen molar-refractivity contribution in [3.05, 3.63) is 29.3 Å². The fourth-order valence-electron chi connectivity index (χ4n) is 1.22. The molecule has 0 saturated carbocycles. The van der Waals surface area contributed by atoms with Crippen molar-refractivity contribution in [2.24, 2.45) is 0 Å². The van der Waals surface area contributed by atoms with E-state index in [4.69, 9.17) is 11.6 Å². The molecular formula is C10H11ClOS. The van der Waals surface area contributed by atoms with Crippen molar-refractivity contribution < 1.29 is 4.79 Å². The summed E-state index contributed by atoms with van der Waals surface area (Å²) in [7, 11) is 0. The molecule has 0 heterocycles. The van der Waals surface area contributed by atoms with Gasteiger partial charge < -0.3 is 0 Å². The fourth-order valence-corrected chi connectivity index (χ4v) is 1.68. The summed E-state index contributed by atoms with van der Waals surface area (Å²) in [5, 5.41) is 0. The van der Waals surface area contributed by atoms with Gasteiger partial charge in [0.2, 0.25) is 0 Å². The first-order valence-electron chi connectivity index (χ1n) is 3.99. The van der Waals surface area contributed by atoms with Crippen molar-refractivity contribution in [2.75, 3.05) is 5.88 Å². The van der Waals surface area contributed by atoms with E-state index in [1.807, 2.05) is 25.1 Å². The Morgan fingerprint density at radius 3 is 2.69 bits per heavy atom. The lowest BCUT2D eigenvalue weighted by atomic mass is 10.1. The lowest BCUT2D eigenvalue weighted by Crippen LogP contribution is -2.03. The van der Waals surface area contributed by atoms with Crippen molar-refractivity contribution in [1.82, 2.24) is 0 Å². The SMILES string of the molecule is Cc1cc(S)cc(CC(=O)CCl)c1. The van der Waals surface area contributed by atoms with Gasteiger partial charge in [-0.05, 0) is 30.2 Å². The second-order valence-corrected chi connectivity index (χ2v) is 3.81. The number of Topliss-reactive ketones (excluding diaryl/α,β-unsaturated/α-hetero) is 1. The Kier molecular flexibility index (Phi) is 3.82. The predicted molar refractivity (Wildman–Crippen MR) is 57.9 cm³/mol. The van der Waals surface area contributed by atoms with Crippen molar-refractivity contribution in [3.8, 4) is 0 Å². The predicted octanol–water partition coefficient (Wildman–Crippen LogP) is 2.63. The lowest BCUT2D eigenvalue weighted by Gasteiger charge is -2.02. The number of rotatable bonds is 3. The minimum atomic E-state index is 0.0417. The summed E-state index contributed by atoms with van der Waals surface area (Å²) >= 11 is 9.64. The summed E-state index contributed by atoms with van der Waals surface area (Å²) in [6.07, 6.45) is 0.402. The Morgan fingerprint density at radius 2 is 2.15 bits per heavy atom. The van der Waals surface area contributed by atoms with E-state index < -0.39 is 0 Å². The Morgan fingerprint density at radius 1 is 1.46 bits per heavy atom. The number of halogens is 1. The van der Waals surface area contributed by atoms with E-state index >= 15 is 0 Å². The molecule has 0 fully saturated rings. The Labute approximate surface area is 88.5 Å². The molecule has 0 radical (unpaired) electrons. The number of hydrogen-bond acceptors (Lipinski definition) is 2. The van der Waals surface area contributed by atoms with Crippen LogP contribution in [0.1, 0.15) is 11.1 Å². The maximum atomic E-state index is 11.0. The van der Waals surface area contributed by atoms with Crippen LogP contribution in [0.3, 0.4) is 0 Å². The van der Waals surface area contributed by atoms with Gasteiger partial charge in [0.15, 0.2) is 5.78 Å². The van der Waals surface area contributed by atoms with E-state index in [9.17, 15) is 4.79 Å². The maximum Gasteiger partial charge on any atom is 0.151 e. The number of alkyl halides is 1. The highest BCUT2D eigenvalue weighted by Gasteiger charge is 2.02. The molecule has 0 bridgehead atoms. The van der Waals surface area contributed by atoms with Gasteiger partial charge in [-0.3, -0.25) is 4.79 Å². The summed E-state index contributed by atoms with van der Waals surface area (Å²) in [6.45, 7) is 1.98. The lowest BCUT2D eigenvalue weighted by molar-refractivity contribution is -0.116. The molecular weight excluding hydrogens is 204 g/mol. The van der Waals surface area contributed by atoms with Gasteiger partial charge in [-0.2, -0.15) is 0 Å². The number of thiol groups is 1. The molecule has 70 valence electrons. The second-order valence-electron chi connectivity index (χ2n) is 3.03. The van der Waals surface area contributed by atoms with Gasteiger partial charge in [-0.1, -0.05) is 6.07 Å². The highest BCUT2D eigenvalue weighted by molar-refractivity contribution is 7.80. The van der Waals surface area contributed by atoms with Crippen molar-refractivity contribution in [2.45, 2.75) is 18.2 Å². The molecule has 1 rings (SSSR count). The van der Waals surface area contributed by atoms with Gasteiger partial charge in [0.25, 0.3) is 0 Å². The van der Waals surface area contributed by atoms with E-state index in [1.165, 1.54) is 0 Å². The van der Waals surface area contributed by atoms with Gasteiger partial charge in [0, 0.05) is 11.3 Å². The molecule has 13 heavy (non-hydrogen) atoms. The Hall–Kier alpha value is -0.470. The summed E-state index contributed by atoms with van der Waals surface area (Å²) in [5.41, 5.74) is 2.10. The number of hydrogen-bond donors (Lipinski definition) is 1. The van der Waals surface area contributed by atoms with Gasteiger partial charge in [0.1, 0.15) is 0 Å². The highest BCUT2D eigenvalue weighted by atomic mass is 35.5. The minimum Gasteiger partial charge on any atom is -0.298 e. The molecule has 0 spiro atoms. The van der Waals surface area contributed by atoms with Crippen LogP contribution in [0.4, 0.5) is 0 Å². The van der Waals surface area contributed by atoms with Crippen LogP contribution in [-0.4, -0.2) is 11.7 Å². The number of benzene rings is 1. The first kappa shape index (κ1) is 10.6. The standard InChI is InChI=1S/C10H11ClOS/c1-7-2-8(4-9(12)6-11)5-10(13)3-7/h2-3,5,13H,4,6H2,1H3. The summed E-state index contributed by atoms with van der Waals surface area (Å²) in [5.74, 6) is 0.121. The van der Waals surface area contributed by atoms with Gasteiger partial charge in [-0.25, -0.2) is 0 Å². The molecule has 0 aliphatic carbocycles. The van der Waals surface area contributed by atoms with Crippen LogP contribution in [-0.2, 0) is 11.2 Å². The monoisotopic (exact) mass is 214 g/mol. The Balaban J connectivity index is 2.83. The van der Waals surface area contributed by atoms with Gasteiger partial charge in [0.05, 0.1) is 5.88 Å². The maximum absolute atomic E-state index is 11.0. The quantitative estimate of drug-likeness (QED) is 0.605. The van der Waals surface area contributed by atoms with E-state index in [1.54, 1.807) is 0 Å². The fraction of sp³-hybridized carbons (Fsp3) is 0.300. The topological polar surface area (TPSA) is 17.1 Å². The van der Waals surface area contributed by atoms with Crippen LogP contribution < -0.4 is 0 Å². The van der Waals surface area contributed by atoms with Crippen LogP contribution in [0, 0.1) is 6.92 Å². The number of aryl methyl sites for hydroxylation is 1. The molecule has 0 N–H and O–H groups in total. The van der Waals surface area contributed by atoms with E-state index in [2.05, 4.69) is 12.6 Å². The average molecular weight is 215 g/mol. The molecule has 1 aromatic rings. The molecule has 0 saturated heterocycles. The largest absolute Gasteiger partial charge is 0.298 e. The van der Waals surface area contributed by atoms with Gasteiger partial charge in [-0.15, -0.1) is 24.2 Å². The summed E-state index contributed by atoms with van der Waals surface area (Å²) in [4.78, 5) is 11.9.